The van der Waals surface area contributed by atoms with Gasteiger partial charge in [0.1, 0.15) is 5.75 Å². The van der Waals surface area contributed by atoms with Crippen LogP contribution in [0.25, 0.3) is 0 Å². The van der Waals surface area contributed by atoms with E-state index in [9.17, 15) is 18.0 Å². The van der Waals surface area contributed by atoms with E-state index in [1.54, 1.807) is 38.1 Å². The number of sulfonamides is 1. The molecule has 2 aromatic carbocycles. The van der Waals surface area contributed by atoms with E-state index in [4.69, 9.17) is 4.74 Å². The van der Waals surface area contributed by atoms with Crippen molar-refractivity contribution in [3.8, 4) is 5.75 Å². The molecule has 162 valence electrons. The van der Waals surface area contributed by atoms with E-state index in [-0.39, 0.29) is 29.4 Å². The first-order chi connectivity index (χ1) is 14.2. The average Bonchev–Trinajstić information content (AvgIpc) is 2.73. The molecule has 2 rings (SSSR count). The van der Waals surface area contributed by atoms with Gasteiger partial charge in [-0.1, -0.05) is 25.5 Å². The summed E-state index contributed by atoms with van der Waals surface area (Å²) < 4.78 is 31.6. The highest BCUT2D eigenvalue weighted by atomic mass is 32.2. The summed E-state index contributed by atoms with van der Waals surface area (Å²) >= 11 is 0. The molecule has 7 nitrogen and oxygen atoms in total. The minimum Gasteiger partial charge on any atom is -0.496 e. The van der Waals surface area contributed by atoms with Gasteiger partial charge in [0.15, 0.2) is 5.78 Å². The fourth-order valence-corrected chi connectivity index (χ4v) is 4.51. The zero-order valence-electron chi connectivity index (χ0n) is 17.8. The van der Waals surface area contributed by atoms with Crippen molar-refractivity contribution in [2.45, 2.75) is 38.5 Å². The van der Waals surface area contributed by atoms with Crippen molar-refractivity contribution < 1.29 is 22.7 Å². The Bertz CT molecular complexity index is 997. The Kier molecular flexibility index (Phi) is 8.14. The maximum absolute atomic E-state index is 12.5. The van der Waals surface area contributed by atoms with Crippen LogP contribution in [0.5, 0.6) is 5.75 Å². The first kappa shape index (κ1) is 23.6. The SMILES string of the molecule is CCN(CC)S(=O)(=O)c1ccc(NC(=O)CCC(=O)c2cc(C)ccc2OC)cc1. The molecule has 0 fully saturated rings. The van der Waals surface area contributed by atoms with Gasteiger partial charge in [0.2, 0.25) is 15.9 Å². The van der Waals surface area contributed by atoms with E-state index in [1.807, 2.05) is 13.0 Å². The standard InChI is InChI=1S/C22H28N2O5S/c1-5-24(6-2)30(27,28)18-10-8-17(9-11-18)23-22(26)14-12-20(25)19-15-16(3)7-13-21(19)29-4/h7-11,13,15H,5-6,12,14H2,1-4H3,(H,23,26). The second kappa shape index (κ2) is 10.4. The number of methoxy groups -OCH3 is 1. The van der Waals surface area contributed by atoms with Crippen LogP contribution in [0.3, 0.4) is 0 Å². The first-order valence-electron chi connectivity index (χ1n) is 9.80. The van der Waals surface area contributed by atoms with Gasteiger partial charge in [0, 0.05) is 31.6 Å². The van der Waals surface area contributed by atoms with Crippen LogP contribution in [0.2, 0.25) is 0 Å². The Morgan fingerprint density at radius 3 is 2.20 bits per heavy atom. The number of hydrogen-bond donors (Lipinski definition) is 1. The zero-order valence-corrected chi connectivity index (χ0v) is 18.6. The maximum Gasteiger partial charge on any atom is 0.243 e. The number of benzene rings is 2. The molecule has 0 aliphatic carbocycles. The molecule has 0 heterocycles. The summed E-state index contributed by atoms with van der Waals surface area (Å²) in [7, 11) is -2.05. The number of ketones is 1. The molecule has 0 saturated heterocycles. The quantitative estimate of drug-likeness (QED) is 0.579. The summed E-state index contributed by atoms with van der Waals surface area (Å²) in [4.78, 5) is 24.9. The molecule has 0 saturated carbocycles. The molecule has 0 aliphatic rings. The van der Waals surface area contributed by atoms with Crippen molar-refractivity contribution in [3.05, 3.63) is 53.6 Å². The second-order valence-electron chi connectivity index (χ2n) is 6.79. The molecule has 1 amide bonds. The molecule has 2 aromatic rings. The van der Waals surface area contributed by atoms with Gasteiger partial charge in [0.25, 0.3) is 0 Å². The Hall–Kier alpha value is -2.71. The van der Waals surface area contributed by atoms with Crippen molar-refractivity contribution >= 4 is 27.4 Å². The highest BCUT2D eigenvalue weighted by Crippen LogP contribution is 2.22. The van der Waals surface area contributed by atoms with Gasteiger partial charge in [-0.05, 0) is 43.3 Å². The summed E-state index contributed by atoms with van der Waals surface area (Å²) in [5.41, 5.74) is 1.86. The van der Waals surface area contributed by atoms with Crippen LogP contribution in [0.4, 0.5) is 5.69 Å². The van der Waals surface area contributed by atoms with Gasteiger partial charge in [-0.15, -0.1) is 0 Å². The Morgan fingerprint density at radius 1 is 1.00 bits per heavy atom. The van der Waals surface area contributed by atoms with Gasteiger partial charge in [-0.3, -0.25) is 9.59 Å². The summed E-state index contributed by atoms with van der Waals surface area (Å²) in [6.45, 7) is 6.22. The zero-order chi connectivity index (χ0) is 22.3. The number of hydrogen-bond acceptors (Lipinski definition) is 5. The first-order valence-corrected chi connectivity index (χ1v) is 11.2. The Labute approximate surface area is 178 Å². The monoisotopic (exact) mass is 432 g/mol. The number of aryl methyl sites for hydroxylation is 1. The molecule has 0 aliphatic heterocycles. The molecule has 0 bridgehead atoms. The summed E-state index contributed by atoms with van der Waals surface area (Å²) in [6, 6.07) is 11.3. The van der Waals surface area contributed by atoms with E-state index >= 15 is 0 Å². The Morgan fingerprint density at radius 2 is 1.63 bits per heavy atom. The number of rotatable bonds is 10. The molecule has 30 heavy (non-hydrogen) atoms. The summed E-state index contributed by atoms with van der Waals surface area (Å²) in [5, 5.41) is 2.69. The van der Waals surface area contributed by atoms with Gasteiger partial charge in [-0.25, -0.2) is 8.42 Å². The summed E-state index contributed by atoms with van der Waals surface area (Å²) in [5.74, 6) is -0.0170. The molecule has 0 unspecified atom stereocenters. The third-order valence-electron chi connectivity index (χ3n) is 4.72. The maximum atomic E-state index is 12.5. The lowest BCUT2D eigenvalue weighted by Crippen LogP contribution is -2.30. The number of amides is 1. The van der Waals surface area contributed by atoms with Crippen molar-refractivity contribution in [1.82, 2.24) is 4.31 Å². The smallest absolute Gasteiger partial charge is 0.243 e. The third kappa shape index (κ3) is 5.67. The van der Waals surface area contributed by atoms with Crippen LogP contribution in [0.1, 0.15) is 42.6 Å². The number of anilines is 1. The van der Waals surface area contributed by atoms with Crippen molar-refractivity contribution in [3.63, 3.8) is 0 Å². The fourth-order valence-electron chi connectivity index (χ4n) is 3.05. The minimum atomic E-state index is -3.54. The van der Waals surface area contributed by atoms with Gasteiger partial charge in [-0.2, -0.15) is 4.31 Å². The second-order valence-corrected chi connectivity index (χ2v) is 8.73. The molecular weight excluding hydrogens is 404 g/mol. The van der Waals surface area contributed by atoms with E-state index in [2.05, 4.69) is 5.32 Å². The fraction of sp³-hybridized carbons (Fsp3) is 0.364. The minimum absolute atomic E-state index is 0.00935. The van der Waals surface area contributed by atoms with Gasteiger partial charge >= 0.3 is 0 Å². The molecule has 0 radical (unpaired) electrons. The number of carbonyl (C=O) groups is 2. The molecule has 0 spiro atoms. The predicted molar refractivity (Wildman–Crippen MR) is 116 cm³/mol. The number of carbonyl (C=O) groups excluding carboxylic acids is 2. The highest BCUT2D eigenvalue weighted by Gasteiger charge is 2.21. The number of nitrogens with zero attached hydrogens (tertiary/aromatic N) is 1. The van der Waals surface area contributed by atoms with Crippen LogP contribution >= 0.6 is 0 Å². The van der Waals surface area contributed by atoms with E-state index in [0.29, 0.717) is 30.1 Å². The normalized spacial score (nSPS) is 11.4. The predicted octanol–water partition coefficient (Wildman–Crippen LogP) is 3.64. The van der Waals surface area contributed by atoms with Crippen molar-refractivity contribution in [1.29, 1.82) is 0 Å². The van der Waals surface area contributed by atoms with Gasteiger partial charge < -0.3 is 10.1 Å². The lowest BCUT2D eigenvalue weighted by atomic mass is 10.0. The third-order valence-corrected chi connectivity index (χ3v) is 6.78. The molecular formula is C22H28N2O5S. The van der Waals surface area contributed by atoms with E-state index in [0.717, 1.165) is 5.56 Å². The Balaban J connectivity index is 1.99. The molecule has 8 heteroatoms. The van der Waals surface area contributed by atoms with Crippen molar-refractivity contribution in [2.24, 2.45) is 0 Å². The topological polar surface area (TPSA) is 92.8 Å². The number of ether oxygens (including phenoxy) is 1. The molecule has 0 atom stereocenters. The average molecular weight is 433 g/mol. The number of nitrogens with one attached hydrogen (secondary N) is 1. The lowest BCUT2D eigenvalue weighted by molar-refractivity contribution is -0.116. The molecule has 0 aromatic heterocycles. The van der Waals surface area contributed by atoms with E-state index < -0.39 is 10.0 Å². The lowest BCUT2D eigenvalue weighted by Gasteiger charge is -2.18. The number of Topliss-reactive ketones (excluding diaryl/α,β-unsaturated/α-hetero) is 1. The van der Waals surface area contributed by atoms with Gasteiger partial charge in [0.05, 0.1) is 17.6 Å². The van der Waals surface area contributed by atoms with Crippen LogP contribution in [-0.4, -0.2) is 44.6 Å². The van der Waals surface area contributed by atoms with E-state index in [1.165, 1.54) is 23.5 Å². The van der Waals surface area contributed by atoms with Crippen LogP contribution in [-0.2, 0) is 14.8 Å². The van der Waals surface area contributed by atoms with Crippen LogP contribution in [0, 0.1) is 6.92 Å². The van der Waals surface area contributed by atoms with Crippen LogP contribution in [0.15, 0.2) is 47.4 Å². The largest absolute Gasteiger partial charge is 0.496 e. The molecule has 1 N–H and O–H groups in total. The van der Waals surface area contributed by atoms with Crippen molar-refractivity contribution in [2.75, 3.05) is 25.5 Å². The summed E-state index contributed by atoms with van der Waals surface area (Å²) in [6.07, 6.45) is 0.0511. The van der Waals surface area contributed by atoms with Crippen LogP contribution < -0.4 is 10.1 Å². The highest BCUT2D eigenvalue weighted by molar-refractivity contribution is 7.89.